The summed E-state index contributed by atoms with van der Waals surface area (Å²) in [6.45, 7) is 7.75. The van der Waals surface area contributed by atoms with Crippen molar-refractivity contribution in [1.29, 1.82) is 0 Å². The molecule has 33 heavy (non-hydrogen) atoms. The van der Waals surface area contributed by atoms with Gasteiger partial charge in [0.2, 0.25) is 0 Å². The van der Waals surface area contributed by atoms with E-state index in [-0.39, 0.29) is 6.04 Å². The first-order valence-corrected chi connectivity index (χ1v) is 15.0. The molecule has 1 unspecified atom stereocenters. The lowest BCUT2D eigenvalue weighted by Gasteiger charge is -2.14. The summed E-state index contributed by atoms with van der Waals surface area (Å²) in [5.41, 5.74) is 0. The lowest BCUT2D eigenvalue weighted by Crippen LogP contribution is -2.37. The fourth-order valence-electron chi connectivity index (χ4n) is 4.69. The molecule has 0 saturated carbocycles. The Kier molecular flexibility index (Phi) is 25.6. The minimum Gasteiger partial charge on any atom is -0.480 e. The van der Waals surface area contributed by atoms with Gasteiger partial charge in [0.1, 0.15) is 6.04 Å². The van der Waals surface area contributed by atoms with Crippen molar-refractivity contribution in [3.05, 3.63) is 0 Å². The summed E-state index contributed by atoms with van der Waals surface area (Å²) < 4.78 is 0. The van der Waals surface area contributed by atoms with E-state index < -0.39 is 5.97 Å². The molecule has 0 aliphatic heterocycles. The van der Waals surface area contributed by atoms with Crippen LogP contribution in [-0.4, -0.2) is 23.7 Å². The van der Waals surface area contributed by atoms with Crippen LogP contribution in [-0.2, 0) is 4.79 Å². The van der Waals surface area contributed by atoms with Crippen molar-refractivity contribution in [1.82, 2.24) is 5.32 Å². The molecule has 0 saturated heterocycles. The molecule has 1 atom stereocenters. The molecule has 3 nitrogen and oxygen atoms in total. The van der Waals surface area contributed by atoms with Gasteiger partial charge in [-0.3, -0.25) is 4.79 Å². The third-order valence-corrected chi connectivity index (χ3v) is 6.99. The minimum absolute atomic E-state index is 0.347. The number of carboxylic acid groups (broad SMARTS) is 1. The van der Waals surface area contributed by atoms with E-state index in [0.29, 0.717) is 0 Å². The summed E-state index contributed by atoms with van der Waals surface area (Å²) in [7, 11) is 0. The van der Waals surface area contributed by atoms with Gasteiger partial charge in [0.05, 0.1) is 0 Å². The van der Waals surface area contributed by atoms with E-state index >= 15 is 0 Å². The van der Waals surface area contributed by atoms with Crippen LogP contribution in [0.15, 0.2) is 0 Å². The zero-order chi connectivity index (χ0) is 24.4. The van der Waals surface area contributed by atoms with E-state index in [1.54, 1.807) is 0 Å². The van der Waals surface area contributed by atoms with Crippen LogP contribution in [0, 0.1) is 5.92 Å². The van der Waals surface area contributed by atoms with Crippen molar-refractivity contribution < 1.29 is 9.90 Å². The topological polar surface area (TPSA) is 49.3 Å². The highest BCUT2D eigenvalue weighted by Gasteiger charge is 2.15. The highest BCUT2D eigenvalue weighted by molar-refractivity contribution is 5.73. The van der Waals surface area contributed by atoms with Crippen molar-refractivity contribution in [2.24, 2.45) is 5.92 Å². The monoisotopic (exact) mass is 467 g/mol. The van der Waals surface area contributed by atoms with Crippen LogP contribution in [0.1, 0.15) is 168 Å². The smallest absolute Gasteiger partial charge is 0.320 e. The fourth-order valence-corrected chi connectivity index (χ4v) is 4.69. The van der Waals surface area contributed by atoms with Crippen LogP contribution >= 0.6 is 0 Å². The third-order valence-electron chi connectivity index (χ3n) is 6.99. The number of carbonyl (C=O) groups is 1. The number of hydrogen-bond donors (Lipinski definition) is 2. The summed E-state index contributed by atoms with van der Waals surface area (Å²) in [4.78, 5) is 11.5. The van der Waals surface area contributed by atoms with Crippen LogP contribution in [0.5, 0.6) is 0 Å². The van der Waals surface area contributed by atoms with E-state index in [0.717, 1.165) is 31.7 Å². The molecule has 0 heterocycles. The van der Waals surface area contributed by atoms with Crippen molar-refractivity contribution in [2.75, 3.05) is 6.54 Å². The molecule has 0 aromatic carbocycles. The number of aliphatic carboxylic acids is 1. The maximum atomic E-state index is 11.5. The van der Waals surface area contributed by atoms with Gasteiger partial charge < -0.3 is 10.4 Å². The number of unbranched alkanes of at least 4 members (excludes halogenated alkanes) is 19. The van der Waals surface area contributed by atoms with Gasteiger partial charge in [0.25, 0.3) is 0 Å². The maximum absolute atomic E-state index is 11.5. The maximum Gasteiger partial charge on any atom is 0.320 e. The Labute approximate surface area is 208 Å². The number of carboxylic acids is 1. The van der Waals surface area contributed by atoms with Crippen LogP contribution in [0.2, 0.25) is 0 Å². The van der Waals surface area contributed by atoms with E-state index in [1.807, 2.05) is 0 Å². The largest absolute Gasteiger partial charge is 0.480 e. The summed E-state index contributed by atoms with van der Waals surface area (Å²) in [5, 5.41) is 12.7. The van der Waals surface area contributed by atoms with E-state index in [1.165, 1.54) is 128 Å². The first kappa shape index (κ1) is 32.4. The number of rotatable bonds is 27. The lowest BCUT2D eigenvalue weighted by atomic mass is 10.0. The molecule has 0 aromatic heterocycles. The highest BCUT2D eigenvalue weighted by Crippen LogP contribution is 2.15. The van der Waals surface area contributed by atoms with E-state index in [2.05, 4.69) is 26.1 Å². The Balaban J connectivity index is 3.37. The molecule has 0 aromatic rings. The molecule has 0 aliphatic carbocycles. The highest BCUT2D eigenvalue weighted by atomic mass is 16.4. The van der Waals surface area contributed by atoms with Gasteiger partial charge in [-0.15, -0.1) is 0 Å². The molecule has 0 fully saturated rings. The Morgan fingerprint density at radius 3 is 1.33 bits per heavy atom. The second-order valence-corrected chi connectivity index (χ2v) is 10.9. The van der Waals surface area contributed by atoms with Crippen molar-refractivity contribution in [3.8, 4) is 0 Å². The lowest BCUT2D eigenvalue weighted by molar-refractivity contribution is -0.139. The normalized spacial score (nSPS) is 12.5. The van der Waals surface area contributed by atoms with Gasteiger partial charge in [-0.05, 0) is 25.3 Å². The van der Waals surface area contributed by atoms with Crippen molar-refractivity contribution in [2.45, 2.75) is 174 Å². The molecular formula is C30H61NO2. The minimum atomic E-state index is -0.673. The van der Waals surface area contributed by atoms with Gasteiger partial charge in [0, 0.05) is 0 Å². The molecule has 2 N–H and O–H groups in total. The van der Waals surface area contributed by atoms with Gasteiger partial charge in [-0.2, -0.15) is 0 Å². The third kappa shape index (κ3) is 25.9. The summed E-state index contributed by atoms with van der Waals surface area (Å²) in [6, 6.07) is -0.347. The van der Waals surface area contributed by atoms with E-state index in [4.69, 9.17) is 0 Å². The fraction of sp³-hybridized carbons (Fsp3) is 0.967. The average molecular weight is 468 g/mol. The van der Waals surface area contributed by atoms with Crippen LogP contribution in [0.4, 0.5) is 0 Å². The molecule has 0 bridgehead atoms. The van der Waals surface area contributed by atoms with Gasteiger partial charge >= 0.3 is 5.97 Å². The van der Waals surface area contributed by atoms with Crippen molar-refractivity contribution in [3.63, 3.8) is 0 Å². The molecule has 0 spiro atoms. The van der Waals surface area contributed by atoms with Crippen molar-refractivity contribution >= 4 is 5.97 Å². The number of nitrogens with one attached hydrogen (secondary N) is 1. The standard InChI is InChI=1S/C30H61NO2/c1-4-5-6-7-8-17-20-23-26-29(30(32)33)31-27-24-21-18-15-13-11-9-10-12-14-16-19-22-25-28(2)3/h28-29,31H,4-27H2,1-3H3,(H,32,33). The SMILES string of the molecule is CCCCCCCCCCC(NCCCCCCCCCCCCCCCC(C)C)C(=O)O. The molecule has 0 amide bonds. The molecule has 198 valence electrons. The zero-order valence-corrected chi connectivity index (χ0v) is 23.0. The first-order chi connectivity index (χ1) is 16.1. The van der Waals surface area contributed by atoms with Gasteiger partial charge in [0.15, 0.2) is 0 Å². The molecule has 3 heteroatoms. The van der Waals surface area contributed by atoms with Crippen LogP contribution < -0.4 is 5.32 Å². The second kappa shape index (κ2) is 26.0. The molecule has 0 rings (SSSR count). The number of hydrogen-bond acceptors (Lipinski definition) is 2. The predicted molar refractivity (Wildman–Crippen MR) is 146 cm³/mol. The Morgan fingerprint density at radius 1 is 0.576 bits per heavy atom. The molecule has 0 radical (unpaired) electrons. The predicted octanol–water partition coefficient (Wildman–Crippen LogP) is 9.68. The summed E-state index contributed by atoms with van der Waals surface area (Å²) >= 11 is 0. The average Bonchev–Trinajstić information content (AvgIpc) is 2.78. The van der Waals surface area contributed by atoms with Gasteiger partial charge in [-0.25, -0.2) is 0 Å². The Bertz CT molecular complexity index is 397. The molecule has 0 aliphatic rings. The Hall–Kier alpha value is -0.570. The first-order valence-electron chi connectivity index (χ1n) is 15.0. The quantitative estimate of drug-likeness (QED) is 0.118. The Morgan fingerprint density at radius 2 is 0.939 bits per heavy atom. The van der Waals surface area contributed by atoms with Crippen LogP contribution in [0.25, 0.3) is 0 Å². The summed E-state index contributed by atoms with van der Waals surface area (Å²) in [5.74, 6) is 0.195. The molecular weight excluding hydrogens is 406 g/mol. The zero-order valence-electron chi connectivity index (χ0n) is 23.0. The second-order valence-electron chi connectivity index (χ2n) is 10.9. The van der Waals surface area contributed by atoms with Crippen LogP contribution in [0.3, 0.4) is 0 Å². The van der Waals surface area contributed by atoms with Gasteiger partial charge in [-0.1, -0.05) is 156 Å². The summed E-state index contributed by atoms with van der Waals surface area (Å²) in [6.07, 6.45) is 30.0. The van der Waals surface area contributed by atoms with E-state index in [9.17, 15) is 9.90 Å².